The molecule has 0 spiro atoms. The van der Waals surface area contributed by atoms with Crippen LogP contribution in [0.1, 0.15) is 47.2 Å². The van der Waals surface area contributed by atoms with Crippen molar-refractivity contribution in [2.75, 3.05) is 0 Å². The summed E-state index contributed by atoms with van der Waals surface area (Å²) in [7, 11) is 0. The van der Waals surface area contributed by atoms with Crippen LogP contribution in [0.25, 0.3) is 0 Å². The predicted molar refractivity (Wildman–Crippen MR) is 56.9 cm³/mol. The van der Waals surface area contributed by atoms with Crippen molar-refractivity contribution in [3.63, 3.8) is 0 Å². The maximum atomic E-state index is 10.9. The fourth-order valence-electron chi connectivity index (χ4n) is 1.21. The predicted octanol–water partition coefficient (Wildman–Crippen LogP) is 1.78. The van der Waals surface area contributed by atoms with Gasteiger partial charge in [0.1, 0.15) is 0 Å². The molecule has 1 heterocycles. The van der Waals surface area contributed by atoms with Crippen molar-refractivity contribution < 1.29 is 19.8 Å². The van der Waals surface area contributed by atoms with Gasteiger partial charge in [-0.1, -0.05) is 20.8 Å². The van der Waals surface area contributed by atoms with Crippen molar-refractivity contribution >= 4 is 11.9 Å². The Kier molecular flexibility index (Phi) is 2.98. The first-order valence-electron chi connectivity index (χ1n) is 4.70. The van der Waals surface area contributed by atoms with E-state index < -0.39 is 17.6 Å². The molecular formula is C11H13NO4. The van der Waals surface area contributed by atoms with E-state index in [4.69, 9.17) is 10.2 Å². The summed E-state index contributed by atoms with van der Waals surface area (Å²) in [5.41, 5.74) is -0.288. The highest BCUT2D eigenvalue weighted by Crippen LogP contribution is 2.23. The Morgan fingerprint density at radius 3 is 2.12 bits per heavy atom. The molecule has 86 valence electrons. The van der Waals surface area contributed by atoms with E-state index in [2.05, 4.69) is 4.98 Å². The van der Waals surface area contributed by atoms with Gasteiger partial charge in [0, 0.05) is 6.20 Å². The van der Waals surface area contributed by atoms with Crippen molar-refractivity contribution in [1.29, 1.82) is 0 Å². The zero-order chi connectivity index (χ0) is 12.5. The van der Waals surface area contributed by atoms with Gasteiger partial charge >= 0.3 is 11.9 Å². The van der Waals surface area contributed by atoms with E-state index in [0.717, 1.165) is 0 Å². The number of hydrogen-bond acceptors (Lipinski definition) is 3. The number of hydrogen-bond donors (Lipinski definition) is 2. The summed E-state index contributed by atoms with van der Waals surface area (Å²) in [6, 6.07) is 1.36. The first-order valence-corrected chi connectivity index (χ1v) is 4.70. The molecule has 0 aromatic carbocycles. The van der Waals surface area contributed by atoms with Crippen molar-refractivity contribution in [2.45, 2.75) is 26.2 Å². The van der Waals surface area contributed by atoms with Gasteiger partial charge in [0.15, 0.2) is 5.69 Å². The molecule has 0 amide bonds. The standard InChI is InChI=1S/C11H13NO4/c1-11(2,3)6-4-7(9(13)14)8(10(15)16)12-5-6/h4-5H,1-3H3,(H,13,14)(H,15,16). The fourth-order valence-corrected chi connectivity index (χ4v) is 1.21. The Morgan fingerprint density at radius 2 is 1.75 bits per heavy atom. The Morgan fingerprint density at radius 1 is 1.19 bits per heavy atom. The molecule has 2 N–H and O–H groups in total. The second kappa shape index (κ2) is 3.92. The number of pyridine rings is 1. The lowest BCUT2D eigenvalue weighted by molar-refractivity contribution is 0.0646. The minimum absolute atomic E-state index is 0.270. The fraction of sp³-hybridized carbons (Fsp3) is 0.364. The topological polar surface area (TPSA) is 87.5 Å². The minimum Gasteiger partial charge on any atom is -0.478 e. The van der Waals surface area contributed by atoms with Crippen LogP contribution in [-0.4, -0.2) is 27.1 Å². The molecule has 0 aliphatic carbocycles. The lowest BCUT2D eigenvalue weighted by Gasteiger charge is -2.19. The molecule has 0 unspecified atom stereocenters. The number of aromatic nitrogens is 1. The SMILES string of the molecule is CC(C)(C)c1cnc(C(=O)O)c(C(=O)O)c1. The number of rotatable bonds is 2. The molecular weight excluding hydrogens is 210 g/mol. The van der Waals surface area contributed by atoms with Gasteiger partial charge in [0.05, 0.1) is 5.56 Å². The van der Waals surface area contributed by atoms with Gasteiger partial charge in [-0.2, -0.15) is 0 Å². The van der Waals surface area contributed by atoms with Gasteiger partial charge in [0.2, 0.25) is 0 Å². The lowest BCUT2D eigenvalue weighted by atomic mass is 9.87. The van der Waals surface area contributed by atoms with Crippen molar-refractivity contribution in [2.24, 2.45) is 0 Å². The Bertz CT molecular complexity index is 446. The highest BCUT2D eigenvalue weighted by atomic mass is 16.4. The van der Waals surface area contributed by atoms with Crippen LogP contribution < -0.4 is 0 Å². The highest BCUT2D eigenvalue weighted by molar-refractivity contribution is 6.00. The van der Waals surface area contributed by atoms with E-state index in [1.165, 1.54) is 12.3 Å². The first-order chi connectivity index (χ1) is 7.23. The molecule has 0 radical (unpaired) electrons. The average Bonchev–Trinajstić information content (AvgIpc) is 2.15. The van der Waals surface area contributed by atoms with Crippen LogP contribution in [0.4, 0.5) is 0 Å². The normalized spacial score (nSPS) is 11.2. The second-order valence-electron chi connectivity index (χ2n) is 4.48. The van der Waals surface area contributed by atoms with E-state index in [1.54, 1.807) is 0 Å². The van der Waals surface area contributed by atoms with Crippen LogP contribution in [0.5, 0.6) is 0 Å². The van der Waals surface area contributed by atoms with Crippen molar-refractivity contribution in [3.05, 3.63) is 29.1 Å². The third-order valence-corrected chi connectivity index (χ3v) is 2.19. The second-order valence-corrected chi connectivity index (χ2v) is 4.48. The van der Waals surface area contributed by atoms with E-state index in [-0.39, 0.29) is 11.0 Å². The molecule has 16 heavy (non-hydrogen) atoms. The van der Waals surface area contributed by atoms with Crippen LogP contribution in [0.15, 0.2) is 12.3 Å². The molecule has 0 saturated carbocycles. The molecule has 1 aromatic rings. The maximum Gasteiger partial charge on any atom is 0.355 e. The monoisotopic (exact) mass is 223 g/mol. The Hall–Kier alpha value is -1.91. The van der Waals surface area contributed by atoms with Crippen LogP contribution in [-0.2, 0) is 5.41 Å². The van der Waals surface area contributed by atoms with E-state index >= 15 is 0 Å². The quantitative estimate of drug-likeness (QED) is 0.797. The molecule has 1 aromatic heterocycles. The summed E-state index contributed by atoms with van der Waals surface area (Å²) >= 11 is 0. The van der Waals surface area contributed by atoms with Gasteiger partial charge in [-0.15, -0.1) is 0 Å². The molecule has 5 nitrogen and oxygen atoms in total. The molecule has 0 fully saturated rings. The van der Waals surface area contributed by atoms with Gasteiger partial charge in [-0.3, -0.25) is 0 Å². The number of carboxylic acid groups (broad SMARTS) is 2. The molecule has 5 heteroatoms. The van der Waals surface area contributed by atoms with Crippen LogP contribution >= 0.6 is 0 Å². The number of carboxylic acids is 2. The summed E-state index contributed by atoms with van der Waals surface area (Å²) in [6.45, 7) is 5.70. The summed E-state index contributed by atoms with van der Waals surface area (Å²) in [5, 5.41) is 17.7. The third-order valence-electron chi connectivity index (χ3n) is 2.19. The number of carbonyl (C=O) groups is 2. The molecule has 0 atom stereocenters. The Balaban J connectivity index is 3.40. The summed E-state index contributed by atoms with van der Waals surface area (Å²) in [5.74, 6) is -2.62. The molecule has 0 aliphatic rings. The van der Waals surface area contributed by atoms with E-state index in [0.29, 0.717) is 5.56 Å². The third kappa shape index (κ3) is 2.36. The van der Waals surface area contributed by atoms with Gasteiger partial charge in [-0.05, 0) is 17.0 Å². The van der Waals surface area contributed by atoms with Crippen molar-refractivity contribution in [1.82, 2.24) is 4.98 Å². The summed E-state index contributed by atoms with van der Waals surface area (Å²) in [4.78, 5) is 25.3. The zero-order valence-corrected chi connectivity index (χ0v) is 9.31. The van der Waals surface area contributed by atoms with E-state index in [9.17, 15) is 9.59 Å². The lowest BCUT2D eigenvalue weighted by Crippen LogP contribution is -2.17. The Labute approximate surface area is 92.8 Å². The largest absolute Gasteiger partial charge is 0.478 e. The molecule has 0 bridgehead atoms. The summed E-state index contributed by atoms with van der Waals surface area (Å²) in [6.07, 6.45) is 1.40. The van der Waals surface area contributed by atoms with Crippen molar-refractivity contribution in [3.8, 4) is 0 Å². The smallest absolute Gasteiger partial charge is 0.355 e. The van der Waals surface area contributed by atoms with E-state index in [1.807, 2.05) is 20.8 Å². The van der Waals surface area contributed by atoms with Gasteiger partial charge < -0.3 is 10.2 Å². The van der Waals surface area contributed by atoms with Crippen LogP contribution in [0.2, 0.25) is 0 Å². The van der Waals surface area contributed by atoms with Crippen LogP contribution in [0, 0.1) is 0 Å². The highest BCUT2D eigenvalue weighted by Gasteiger charge is 2.22. The molecule has 1 rings (SSSR count). The molecule has 0 saturated heterocycles. The van der Waals surface area contributed by atoms with Gasteiger partial charge in [-0.25, -0.2) is 14.6 Å². The maximum absolute atomic E-state index is 10.9. The van der Waals surface area contributed by atoms with Crippen LogP contribution in [0.3, 0.4) is 0 Å². The zero-order valence-electron chi connectivity index (χ0n) is 9.31. The van der Waals surface area contributed by atoms with Gasteiger partial charge in [0.25, 0.3) is 0 Å². The summed E-state index contributed by atoms with van der Waals surface area (Å²) < 4.78 is 0. The minimum atomic E-state index is -1.34. The number of aromatic carboxylic acids is 2. The molecule has 0 aliphatic heterocycles. The first kappa shape index (κ1) is 12.2. The average molecular weight is 223 g/mol. The number of nitrogens with zero attached hydrogens (tertiary/aromatic N) is 1.